The average molecular weight is 354 g/mol. The fourth-order valence-corrected chi connectivity index (χ4v) is 5.12. The molecule has 1 aliphatic heterocycles. The molecule has 2 aliphatic rings. The number of carbonyl (C=O) groups is 1. The lowest BCUT2D eigenvalue weighted by Crippen LogP contribution is -2.53. The minimum atomic E-state index is -0.160. The zero-order chi connectivity index (χ0) is 17.3. The predicted octanol–water partition coefficient (Wildman–Crippen LogP) is 5.44. The van der Waals surface area contributed by atoms with Gasteiger partial charge in [0.05, 0.1) is 10.9 Å². The van der Waals surface area contributed by atoms with Crippen molar-refractivity contribution >= 4 is 17.5 Å². The van der Waals surface area contributed by atoms with Gasteiger partial charge in [-0.3, -0.25) is 4.79 Å². The van der Waals surface area contributed by atoms with Crippen molar-refractivity contribution in [3.63, 3.8) is 0 Å². The second-order valence-electron chi connectivity index (χ2n) is 7.36. The van der Waals surface area contributed by atoms with Crippen LogP contribution in [-0.4, -0.2) is 22.2 Å². The second-order valence-corrected chi connectivity index (χ2v) is 8.11. The van der Waals surface area contributed by atoms with Crippen LogP contribution in [0.3, 0.4) is 0 Å². The summed E-state index contributed by atoms with van der Waals surface area (Å²) in [6, 6.07) is 20.2. The molecule has 1 aliphatic carbocycles. The first-order valence-corrected chi connectivity index (χ1v) is 9.67. The summed E-state index contributed by atoms with van der Waals surface area (Å²) in [6.07, 6.45) is 5.46. The van der Waals surface area contributed by atoms with Gasteiger partial charge < -0.3 is 4.90 Å². The van der Waals surface area contributed by atoms with Crippen molar-refractivity contribution < 1.29 is 4.79 Å². The zero-order valence-corrected chi connectivity index (χ0v) is 15.2. The number of benzene rings is 2. The molecule has 25 heavy (non-hydrogen) atoms. The maximum absolute atomic E-state index is 13.2. The normalized spacial score (nSPS) is 29.1. The maximum Gasteiger partial charge on any atom is 0.254 e. The molecule has 2 nitrogen and oxygen atoms in total. The van der Waals surface area contributed by atoms with E-state index in [4.69, 9.17) is 11.6 Å². The Balaban J connectivity index is 1.74. The number of carbonyl (C=O) groups excluding carboxylic acids is 1. The van der Waals surface area contributed by atoms with Gasteiger partial charge in [-0.25, -0.2) is 0 Å². The quantitative estimate of drug-likeness (QED) is 0.658. The van der Waals surface area contributed by atoms with E-state index in [0.29, 0.717) is 5.92 Å². The molecule has 0 unspecified atom stereocenters. The lowest BCUT2D eigenvalue weighted by Gasteiger charge is -2.52. The summed E-state index contributed by atoms with van der Waals surface area (Å²) >= 11 is 7.10. The number of alkyl halides is 1. The van der Waals surface area contributed by atoms with Gasteiger partial charge in [0.2, 0.25) is 0 Å². The first-order chi connectivity index (χ1) is 12.2. The van der Waals surface area contributed by atoms with E-state index in [2.05, 4.69) is 29.2 Å². The van der Waals surface area contributed by atoms with Gasteiger partial charge in [-0.15, -0.1) is 11.6 Å². The summed E-state index contributed by atoms with van der Waals surface area (Å²) in [5.74, 6) is 0.450. The summed E-state index contributed by atoms with van der Waals surface area (Å²) < 4.78 is 0. The van der Waals surface area contributed by atoms with Gasteiger partial charge in [0, 0.05) is 18.0 Å². The number of amides is 1. The van der Waals surface area contributed by atoms with Gasteiger partial charge in [0.15, 0.2) is 0 Å². The Labute approximate surface area is 154 Å². The van der Waals surface area contributed by atoms with Crippen molar-refractivity contribution in [3.8, 4) is 0 Å². The minimum absolute atomic E-state index is 0.0699. The summed E-state index contributed by atoms with van der Waals surface area (Å²) in [6.45, 7) is 0.729. The van der Waals surface area contributed by atoms with Gasteiger partial charge in [0.1, 0.15) is 0 Å². The summed E-state index contributed by atoms with van der Waals surface area (Å²) in [5, 5.41) is 0. The average Bonchev–Trinajstić information content (AvgIpc) is 2.67. The molecule has 1 saturated carbocycles. The number of rotatable bonds is 2. The second kappa shape index (κ2) is 6.84. The molecule has 3 heteroatoms. The van der Waals surface area contributed by atoms with Crippen molar-refractivity contribution in [1.82, 2.24) is 4.90 Å². The van der Waals surface area contributed by atoms with Gasteiger partial charge in [-0.05, 0) is 37.0 Å². The van der Waals surface area contributed by atoms with Crippen LogP contribution < -0.4 is 0 Å². The third-order valence-corrected chi connectivity index (χ3v) is 6.59. The van der Waals surface area contributed by atoms with E-state index in [1.54, 1.807) is 0 Å². The third kappa shape index (κ3) is 3.08. The van der Waals surface area contributed by atoms with Gasteiger partial charge >= 0.3 is 0 Å². The van der Waals surface area contributed by atoms with Gasteiger partial charge in [0.25, 0.3) is 5.91 Å². The lowest BCUT2D eigenvalue weighted by molar-refractivity contribution is 0.0279. The van der Waals surface area contributed by atoms with Gasteiger partial charge in [-0.2, -0.15) is 0 Å². The van der Waals surface area contributed by atoms with E-state index >= 15 is 0 Å². The fourth-order valence-electron chi connectivity index (χ4n) is 4.68. The largest absolute Gasteiger partial charge is 0.331 e. The first-order valence-electron chi connectivity index (χ1n) is 9.29. The van der Waals surface area contributed by atoms with Crippen molar-refractivity contribution in [2.45, 2.75) is 43.0 Å². The molecule has 2 aromatic rings. The van der Waals surface area contributed by atoms with Crippen molar-refractivity contribution in [2.24, 2.45) is 5.92 Å². The predicted molar refractivity (Wildman–Crippen MR) is 102 cm³/mol. The van der Waals surface area contributed by atoms with E-state index in [-0.39, 0.29) is 16.8 Å². The smallest absolute Gasteiger partial charge is 0.254 e. The highest BCUT2D eigenvalue weighted by Gasteiger charge is 2.50. The van der Waals surface area contributed by atoms with Crippen LogP contribution in [0, 0.1) is 5.92 Å². The highest BCUT2D eigenvalue weighted by molar-refractivity contribution is 6.24. The molecule has 2 fully saturated rings. The van der Waals surface area contributed by atoms with Crippen LogP contribution in [0.2, 0.25) is 0 Å². The topological polar surface area (TPSA) is 20.3 Å². The van der Waals surface area contributed by atoms with Crippen LogP contribution in [0.25, 0.3) is 0 Å². The zero-order valence-electron chi connectivity index (χ0n) is 14.4. The molecule has 1 saturated heterocycles. The lowest BCUT2D eigenvalue weighted by atomic mass is 9.68. The van der Waals surface area contributed by atoms with Crippen molar-refractivity contribution in [3.05, 3.63) is 71.8 Å². The molecular formula is C22H24ClNO. The number of piperidine rings is 1. The molecule has 0 aromatic heterocycles. The maximum atomic E-state index is 13.2. The van der Waals surface area contributed by atoms with Crippen LogP contribution in [0.1, 0.15) is 54.1 Å². The van der Waals surface area contributed by atoms with Crippen LogP contribution in [0.4, 0.5) is 0 Å². The van der Waals surface area contributed by atoms with Crippen LogP contribution in [-0.2, 0) is 0 Å². The van der Waals surface area contributed by atoms with E-state index in [1.165, 1.54) is 18.4 Å². The van der Waals surface area contributed by atoms with Gasteiger partial charge in [-0.1, -0.05) is 61.4 Å². The molecular weight excluding hydrogens is 330 g/mol. The summed E-state index contributed by atoms with van der Waals surface area (Å²) in [4.78, 5) is 15.2. The standard InChI is InChI=1S/C22H24ClNO/c23-22-14-8-7-13-19(22)20(17-9-3-1-4-10-17)24(16-15-22)21(25)18-11-5-2-6-12-18/h1-6,9-12,19-20H,7-8,13-16H2/t19-,20-,22-/m0/s1. The Morgan fingerprint density at radius 3 is 2.36 bits per heavy atom. The number of nitrogens with zero attached hydrogens (tertiary/aromatic N) is 1. The fraction of sp³-hybridized carbons (Fsp3) is 0.409. The molecule has 4 rings (SSSR count). The number of halogens is 1. The Hall–Kier alpha value is -1.80. The van der Waals surface area contributed by atoms with Crippen molar-refractivity contribution in [1.29, 1.82) is 0 Å². The van der Waals surface area contributed by atoms with Crippen LogP contribution in [0.15, 0.2) is 60.7 Å². The van der Waals surface area contributed by atoms with Crippen molar-refractivity contribution in [2.75, 3.05) is 6.54 Å². The SMILES string of the molecule is O=C(c1ccccc1)N1CC[C@@]2(Cl)CCCC[C@H]2[C@@H]1c1ccccc1. The molecule has 0 N–H and O–H groups in total. The number of fused-ring (bicyclic) bond motifs is 1. The number of hydrogen-bond donors (Lipinski definition) is 0. The monoisotopic (exact) mass is 353 g/mol. The van der Waals surface area contributed by atoms with E-state index in [9.17, 15) is 4.79 Å². The Kier molecular flexibility index (Phi) is 4.56. The Bertz CT molecular complexity index is 732. The molecule has 2 aromatic carbocycles. The highest BCUT2D eigenvalue weighted by Crippen LogP contribution is 2.52. The minimum Gasteiger partial charge on any atom is -0.331 e. The molecule has 130 valence electrons. The third-order valence-electron chi connectivity index (χ3n) is 5.93. The molecule has 1 heterocycles. The summed E-state index contributed by atoms with van der Waals surface area (Å²) in [7, 11) is 0. The molecule has 0 radical (unpaired) electrons. The highest BCUT2D eigenvalue weighted by atomic mass is 35.5. The number of hydrogen-bond acceptors (Lipinski definition) is 1. The Morgan fingerprint density at radius 2 is 1.64 bits per heavy atom. The van der Waals surface area contributed by atoms with Crippen LogP contribution in [0.5, 0.6) is 0 Å². The Morgan fingerprint density at radius 1 is 0.960 bits per heavy atom. The van der Waals surface area contributed by atoms with Crippen LogP contribution >= 0.6 is 11.6 Å². The van der Waals surface area contributed by atoms with E-state index in [1.807, 2.05) is 36.4 Å². The molecule has 3 atom stereocenters. The van der Waals surface area contributed by atoms with E-state index in [0.717, 1.165) is 31.4 Å². The number of likely N-dealkylation sites (tertiary alicyclic amines) is 1. The molecule has 0 bridgehead atoms. The molecule has 0 spiro atoms. The molecule has 1 amide bonds. The van der Waals surface area contributed by atoms with E-state index < -0.39 is 0 Å². The first kappa shape index (κ1) is 16.7. The summed E-state index contributed by atoms with van der Waals surface area (Å²) in [5.41, 5.74) is 1.98.